The molecular formula is C14H22N2O3. The van der Waals surface area contributed by atoms with Gasteiger partial charge in [-0.15, -0.1) is 0 Å². The predicted molar refractivity (Wildman–Crippen MR) is 69.8 cm³/mol. The summed E-state index contributed by atoms with van der Waals surface area (Å²) in [6.07, 6.45) is 5.24. The molecule has 19 heavy (non-hydrogen) atoms. The number of Topliss-reactive ketones (excluding diaryl/α,β-unsaturated/α-hetero) is 1. The molecule has 1 aromatic rings. The summed E-state index contributed by atoms with van der Waals surface area (Å²) in [4.78, 5) is 16.3. The van der Waals surface area contributed by atoms with E-state index in [4.69, 9.17) is 9.26 Å². The molecule has 5 heteroatoms. The minimum Gasteiger partial charge on any atom is -0.370 e. The summed E-state index contributed by atoms with van der Waals surface area (Å²) in [5.41, 5.74) is 0. The number of ether oxygens (including phenoxy) is 1. The van der Waals surface area contributed by atoms with Crippen LogP contribution in [0.2, 0.25) is 0 Å². The topological polar surface area (TPSA) is 65.2 Å². The van der Waals surface area contributed by atoms with E-state index >= 15 is 0 Å². The Labute approximate surface area is 113 Å². The van der Waals surface area contributed by atoms with Gasteiger partial charge in [0.25, 0.3) is 0 Å². The molecule has 0 radical (unpaired) electrons. The highest BCUT2D eigenvalue weighted by Crippen LogP contribution is 2.30. The van der Waals surface area contributed by atoms with Crippen molar-refractivity contribution in [3.63, 3.8) is 0 Å². The summed E-state index contributed by atoms with van der Waals surface area (Å²) < 4.78 is 10.9. The van der Waals surface area contributed by atoms with Crippen LogP contribution in [-0.2, 0) is 9.53 Å². The molecule has 1 fully saturated rings. The highest BCUT2D eigenvalue weighted by molar-refractivity contribution is 5.85. The highest BCUT2D eigenvalue weighted by Gasteiger charge is 2.30. The molecule has 2 atom stereocenters. The van der Waals surface area contributed by atoms with Crippen molar-refractivity contribution in [2.24, 2.45) is 0 Å². The average molecular weight is 266 g/mol. The van der Waals surface area contributed by atoms with Crippen LogP contribution in [-0.4, -0.2) is 22.5 Å². The first-order chi connectivity index (χ1) is 9.26. The van der Waals surface area contributed by atoms with Crippen LogP contribution in [0.1, 0.15) is 76.1 Å². The molecule has 5 nitrogen and oxygen atoms in total. The first kappa shape index (κ1) is 14.2. The molecule has 0 amide bonds. The fraction of sp³-hybridized carbons (Fsp3) is 0.786. The first-order valence-corrected chi connectivity index (χ1v) is 7.24. The summed E-state index contributed by atoms with van der Waals surface area (Å²) in [7, 11) is 0. The van der Waals surface area contributed by atoms with E-state index in [2.05, 4.69) is 17.1 Å². The Kier molecular flexibility index (Phi) is 5.07. The minimum atomic E-state index is -0.195. The second kappa shape index (κ2) is 6.80. The minimum absolute atomic E-state index is 0.119. The largest absolute Gasteiger partial charge is 0.370 e. The zero-order chi connectivity index (χ0) is 13.7. The Morgan fingerprint density at radius 3 is 2.95 bits per heavy atom. The lowest BCUT2D eigenvalue weighted by atomic mass is 9.88. The van der Waals surface area contributed by atoms with Gasteiger partial charge in [-0.3, -0.25) is 4.79 Å². The number of rotatable bonds is 6. The maximum Gasteiger partial charge on any atom is 0.237 e. The van der Waals surface area contributed by atoms with Gasteiger partial charge < -0.3 is 9.26 Å². The third kappa shape index (κ3) is 3.41. The monoisotopic (exact) mass is 266 g/mol. The van der Waals surface area contributed by atoms with Crippen molar-refractivity contribution in [1.29, 1.82) is 0 Å². The van der Waals surface area contributed by atoms with Crippen LogP contribution in [0, 0.1) is 0 Å². The summed E-state index contributed by atoms with van der Waals surface area (Å²) >= 11 is 0. The van der Waals surface area contributed by atoms with Crippen LogP contribution < -0.4 is 0 Å². The van der Waals surface area contributed by atoms with Crippen molar-refractivity contribution >= 4 is 5.78 Å². The molecule has 0 aromatic carbocycles. The van der Waals surface area contributed by atoms with Gasteiger partial charge in [0, 0.05) is 13.0 Å². The van der Waals surface area contributed by atoms with E-state index in [0.29, 0.717) is 24.7 Å². The van der Waals surface area contributed by atoms with Gasteiger partial charge in [0.05, 0.1) is 5.92 Å². The highest BCUT2D eigenvalue weighted by atomic mass is 16.5. The quantitative estimate of drug-likeness (QED) is 0.791. The van der Waals surface area contributed by atoms with Crippen molar-refractivity contribution < 1.29 is 14.1 Å². The smallest absolute Gasteiger partial charge is 0.237 e. The average Bonchev–Trinajstić information content (AvgIpc) is 2.88. The Morgan fingerprint density at radius 2 is 2.26 bits per heavy atom. The van der Waals surface area contributed by atoms with Crippen molar-refractivity contribution in [3.8, 4) is 0 Å². The predicted octanol–water partition coefficient (Wildman–Crippen LogP) is 3.17. The molecule has 1 aliphatic rings. The summed E-state index contributed by atoms with van der Waals surface area (Å²) in [6, 6.07) is 0. The molecule has 1 saturated carbocycles. The number of carbonyl (C=O) groups excluding carboxylic acids is 1. The maximum absolute atomic E-state index is 11.9. The van der Waals surface area contributed by atoms with Crippen LogP contribution in [0.4, 0.5) is 0 Å². The molecule has 1 aromatic heterocycles. The van der Waals surface area contributed by atoms with Crippen LogP contribution in [0.25, 0.3) is 0 Å². The van der Waals surface area contributed by atoms with E-state index in [0.717, 1.165) is 32.1 Å². The van der Waals surface area contributed by atoms with Gasteiger partial charge in [0.15, 0.2) is 0 Å². The Hall–Kier alpha value is -1.23. The molecule has 2 rings (SSSR count). The Balaban J connectivity index is 2.10. The van der Waals surface area contributed by atoms with Crippen molar-refractivity contribution in [2.75, 3.05) is 6.61 Å². The van der Waals surface area contributed by atoms with Gasteiger partial charge in [-0.05, 0) is 26.2 Å². The molecule has 106 valence electrons. The third-order valence-electron chi connectivity index (χ3n) is 3.52. The number of hydrogen-bond acceptors (Lipinski definition) is 5. The molecule has 0 saturated heterocycles. The SMILES string of the molecule is CCCC(OCC)c1noc(C2CCCCC2=O)n1. The lowest BCUT2D eigenvalue weighted by Gasteiger charge is -2.16. The second-order valence-corrected chi connectivity index (χ2v) is 4.99. The van der Waals surface area contributed by atoms with E-state index in [1.165, 1.54) is 0 Å². The summed E-state index contributed by atoms with van der Waals surface area (Å²) in [5.74, 6) is 1.08. The number of hydrogen-bond donors (Lipinski definition) is 0. The third-order valence-corrected chi connectivity index (χ3v) is 3.52. The molecule has 1 heterocycles. The second-order valence-electron chi connectivity index (χ2n) is 4.99. The van der Waals surface area contributed by atoms with E-state index in [9.17, 15) is 4.79 Å². The zero-order valence-electron chi connectivity index (χ0n) is 11.7. The molecule has 0 N–H and O–H groups in total. The fourth-order valence-electron chi connectivity index (χ4n) is 2.51. The van der Waals surface area contributed by atoms with Gasteiger partial charge in [-0.2, -0.15) is 4.98 Å². The number of nitrogens with zero attached hydrogens (tertiary/aromatic N) is 2. The normalized spacial score (nSPS) is 21.6. The van der Waals surface area contributed by atoms with Crippen LogP contribution >= 0.6 is 0 Å². The molecular weight excluding hydrogens is 244 g/mol. The van der Waals surface area contributed by atoms with Crippen LogP contribution in [0.15, 0.2) is 4.52 Å². The number of ketones is 1. The Bertz CT molecular complexity index is 411. The van der Waals surface area contributed by atoms with Gasteiger partial charge in [-0.25, -0.2) is 0 Å². The molecule has 0 spiro atoms. The molecule has 1 aliphatic carbocycles. The van der Waals surface area contributed by atoms with Gasteiger partial charge in [0.1, 0.15) is 11.9 Å². The summed E-state index contributed by atoms with van der Waals surface area (Å²) in [6.45, 7) is 4.67. The van der Waals surface area contributed by atoms with Crippen molar-refractivity contribution in [2.45, 2.75) is 64.4 Å². The number of carbonyl (C=O) groups is 1. The van der Waals surface area contributed by atoms with Gasteiger partial charge in [-0.1, -0.05) is 24.9 Å². The first-order valence-electron chi connectivity index (χ1n) is 7.24. The Morgan fingerprint density at radius 1 is 1.42 bits per heavy atom. The van der Waals surface area contributed by atoms with Gasteiger partial charge >= 0.3 is 0 Å². The molecule has 2 unspecified atom stereocenters. The van der Waals surface area contributed by atoms with E-state index < -0.39 is 0 Å². The van der Waals surface area contributed by atoms with Crippen LogP contribution in [0.3, 0.4) is 0 Å². The maximum atomic E-state index is 11.9. The lowest BCUT2D eigenvalue weighted by Crippen LogP contribution is -2.17. The summed E-state index contributed by atoms with van der Waals surface area (Å²) in [5, 5.41) is 4.00. The van der Waals surface area contributed by atoms with Crippen molar-refractivity contribution in [3.05, 3.63) is 11.7 Å². The number of aromatic nitrogens is 2. The zero-order valence-corrected chi connectivity index (χ0v) is 11.7. The lowest BCUT2D eigenvalue weighted by molar-refractivity contribution is -0.122. The van der Waals surface area contributed by atoms with E-state index in [1.54, 1.807) is 0 Å². The fourth-order valence-corrected chi connectivity index (χ4v) is 2.51. The van der Waals surface area contributed by atoms with Gasteiger partial charge in [0.2, 0.25) is 11.7 Å². The van der Waals surface area contributed by atoms with Crippen molar-refractivity contribution in [1.82, 2.24) is 10.1 Å². The molecule has 0 aliphatic heterocycles. The van der Waals surface area contributed by atoms with E-state index in [1.807, 2.05) is 6.92 Å². The van der Waals surface area contributed by atoms with E-state index in [-0.39, 0.29) is 17.8 Å². The molecule has 0 bridgehead atoms. The van der Waals surface area contributed by atoms with Crippen LogP contribution in [0.5, 0.6) is 0 Å². The standard InChI is InChI=1S/C14H22N2O3/c1-3-7-12(18-4-2)13-15-14(19-16-13)10-8-5-6-9-11(10)17/h10,12H,3-9H2,1-2H3.